The van der Waals surface area contributed by atoms with E-state index in [4.69, 9.17) is 0 Å². The molecular weight excluding hydrogens is 644 g/mol. The Morgan fingerprint density at radius 1 is 0.766 bits per heavy atom. The van der Waals surface area contributed by atoms with Crippen molar-refractivity contribution in [1.29, 1.82) is 0 Å². The van der Waals surface area contributed by atoms with Gasteiger partial charge in [-0.25, -0.2) is 6.08 Å². The molecule has 0 nitrogen and oxygen atoms in total. The molecule has 1 heteroatoms. The number of fused-ring (bicyclic) bond motifs is 4. The van der Waals surface area contributed by atoms with Crippen molar-refractivity contribution in [2.24, 2.45) is 35.0 Å². The van der Waals surface area contributed by atoms with Crippen LogP contribution in [0, 0.1) is 82.3 Å². The second kappa shape index (κ2) is 13.7. The Hall–Kier alpha value is -2.63. The Bertz CT molecular complexity index is 1780. The summed E-state index contributed by atoms with van der Waals surface area (Å²) in [5.41, 5.74) is 14.5. The normalized spacial score (nSPS) is 27.1. The fourth-order valence-corrected chi connectivity index (χ4v) is 9.94. The van der Waals surface area contributed by atoms with Gasteiger partial charge in [-0.3, -0.25) is 6.08 Å². The van der Waals surface area contributed by atoms with Gasteiger partial charge in [0.2, 0.25) is 0 Å². The van der Waals surface area contributed by atoms with E-state index >= 15 is 0 Å². The molecule has 0 radical (unpaired) electrons. The van der Waals surface area contributed by atoms with Crippen molar-refractivity contribution >= 4 is 14.5 Å². The molecule has 10 rings (SSSR count). The molecule has 0 saturated heterocycles. The summed E-state index contributed by atoms with van der Waals surface area (Å²) in [4.78, 5) is 0. The zero-order valence-electron chi connectivity index (χ0n) is 29.6. The zero-order chi connectivity index (χ0) is 32.2. The molecular formula is C46H51Zr-3. The van der Waals surface area contributed by atoms with Crippen LogP contribution in [0.2, 0.25) is 0 Å². The first-order chi connectivity index (χ1) is 22.1. The molecule has 4 aromatic carbocycles. The van der Waals surface area contributed by atoms with Gasteiger partial charge >= 0.3 is 86.7 Å². The van der Waals surface area contributed by atoms with Crippen molar-refractivity contribution < 1.29 is 24.2 Å². The van der Waals surface area contributed by atoms with E-state index < -0.39 is 0 Å². The first-order valence-corrected chi connectivity index (χ1v) is 19.0. The number of allylic oxidation sites excluding steroid dienone is 4. The molecule has 0 aliphatic heterocycles. The second-order valence-corrected chi connectivity index (χ2v) is 16.0. The van der Waals surface area contributed by atoms with Crippen molar-refractivity contribution in [3.05, 3.63) is 137 Å². The number of hydrogen-bond acceptors (Lipinski definition) is 0. The number of benzene rings is 4. The van der Waals surface area contributed by atoms with E-state index in [0.717, 1.165) is 30.1 Å². The average molecular weight is 695 g/mol. The molecule has 4 saturated carbocycles. The molecule has 1 atom stereocenters. The quantitative estimate of drug-likeness (QED) is 0.161. The predicted molar refractivity (Wildman–Crippen MR) is 198 cm³/mol. The van der Waals surface area contributed by atoms with Crippen LogP contribution < -0.4 is 0 Å². The topological polar surface area (TPSA) is 0 Å². The van der Waals surface area contributed by atoms with Gasteiger partial charge in [0.25, 0.3) is 0 Å². The van der Waals surface area contributed by atoms with Gasteiger partial charge in [-0.15, -0.1) is 11.1 Å². The Balaban J connectivity index is 0.000000124. The molecule has 6 aliphatic rings. The number of hydrogen-bond donors (Lipinski definition) is 0. The SMILES string of the molecule is CC1[C-]=CC(C2(C)C3CC4CC(C3)CC2C4)=C1.Cc1[c-]c2c(cc1C)-c1cc(C)c(C)cc1C2.[CH3-].[Zr]=[CH]c1ccc2ccccc2c1. The van der Waals surface area contributed by atoms with Gasteiger partial charge in [-0.05, 0) is 92.7 Å². The van der Waals surface area contributed by atoms with Crippen molar-refractivity contribution in [3.8, 4) is 11.1 Å². The Morgan fingerprint density at radius 3 is 2.04 bits per heavy atom. The van der Waals surface area contributed by atoms with Crippen LogP contribution in [0.5, 0.6) is 0 Å². The fourth-order valence-electron chi connectivity index (χ4n) is 9.50. The number of rotatable bonds is 2. The van der Waals surface area contributed by atoms with Crippen LogP contribution in [0.15, 0.2) is 78.4 Å². The Labute approximate surface area is 300 Å². The van der Waals surface area contributed by atoms with Crippen LogP contribution in [-0.4, -0.2) is 3.71 Å². The van der Waals surface area contributed by atoms with Crippen LogP contribution in [0.25, 0.3) is 21.9 Å². The Kier molecular flexibility index (Phi) is 9.99. The third-order valence-corrected chi connectivity index (χ3v) is 13.1. The fraction of sp³-hybridized carbons (Fsp3) is 0.391. The van der Waals surface area contributed by atoms with Gasteiger partial charge in [0.1, 0.15) is 0 Å². The maximum atomic E-state index is 3.54. The molecule has 4 fully saturated rings. The molecule has 0 spiro atoms. The van der Waals surface area contributed by atoms with E-state index in [1.165, 1.54) is 111 Å². The van der Waals surface area contributed by atoms with Crippen molar-refractivity contribution in [3.63, 3.8) is 0 Å². The predicted octanol–water partition coefficient (Wildman–Crippen LogP) is 11.7. The van der Waals surface area contributed by atoms with E-state index in [-0.39, 0.29) is 7.43 Å². The summed E-state index contributed by atoms with van der Waals surface area (Å²) in [5, 5.41) is 2.65. The van der Waals surface area contributed by atoms with Crippen molar-refractivity contribution in [1.82, 2.24) is 0 Å². The van der Waals surface area contributed by atoms with E-state index in [2.05, 4.69) is 130 Å². The van der Waals surface area contributed by atoms with Crippen LogP contribution in [0.1, 0.15) is 84.9 Å². The minimum atomic E-state index is 0. The van der Waals surface area contributed by atoms with Crippen LogP contribution in [-0.2, 0) is 30.7 Å². The molecule has 0 heterocycles. The average Bonchev–Trinajstić information content (AvgIpc) is 3.63. The summed E-state index contributed by atoms with van der Waals surface area (Å²) in [6.07, 6.45) is 17.0. The number of aryl methyl sites for hydroxylation is 4. The molecule has 4 aromatic rings. The molecule has 0 aromatic heterocycles. The van der Waals surface area contributed by atoms with Crippen molar-refractivity contribution in [2.75, 3.05) is 0 Å². The summed E-state index contributed by atoms with van der Waals surface area (Å²) in [7, 11) is 0. The molecule has 6 aliphatic carbocycles. The minimum absolute atomic E-state index is 0. The van der Waals surface area contributed by atoms with Crippen molar-refractivity contribution in [2.45, 2.75) is 80.1 Å². The van der Waals surface area contributed by atoms with Gasteiger partial charge in [0.05, 0.1) is 0 Å². The van der Waals surface area contributed by atoms with Crippen LogP contribution >= 0.6 is 0 Å². The standard InChI is InChI=1S/C17H23.C17H17.C11H8.CH3.Zr/c1-11-3-4-14(5-11)17(2)15-7-12-6-13(9-15)10-16(17)8-12;1-10-5-14-9-15-6-11(2)13(4)8-17(15)16(14)7-12(10)3;1-9-6-7-10-4-2-3-5-11(10)8-9;;/h4-5,11-13,15-16H,6-10H2,1-2H3;5,7-8H,9H2,1-4H3;1-8H;1H3;/q2*-1;;-1;. The third-order valence-electron chi connectivity index (χ3n) is 12.3. The summed E-state index contributed by atoms with van der Waals surface area (Å²) < 4.78 is 2.21. The van der Waals surface area contributed by atoms with E-state index in [9.17, 15) is 0 Å². The van der Waals surface area contributed by atoms with Crippen LogP contribution in [0.3, 0.4) is 0 Å². The third kappa shape index (κ3) is 6.56. The summed E-state index contributed by atoms with van der Waals surface area (Å²) in [6.45, 7) is 13.5. The first-order valence-electron chi connectivity index (χ1n) is 17.6. The molecule has 47 heavy (non-hydrogen) atoms. The van der Waals surface area contributed by atoms with E-state index in [1.807, 2.05) is 0 Å². The van der Waals surface area contributed by atoms with E-state index in [0.29, 0.717) is 11.3 Å². The molecule has 242 valence electrons. The molecule has 0 amide bonds. The van der Waals surface area contributed by atoms with Gasteiger partial charge < -0.3 is 7.43 Å². The maximum absolute atomic E-state index is 3.54. The van der Waals surface area contributed by atoms with Gasteiger partial charge in [0.15, 0.2) is 0 Å². The molecule has 0 N–H and O–H groups in total. The van der Waals surface area contributed by atoms with Crippen LogP contribution in [0.4, 0.5) is 0 Å². The van der Waals surface area contributed by atoms with Gasteiger partial charge in [-0.1, -0.05) is 56.7 Å². The Morgan fingerprint density at radius 2 is 1.40 bits per heavy atom. The second-order valence-electron chi connectivity index (χ2n) is 15.3. The zero-order valence-corrected chi connectivity index (χ0v) is 32.1. The molecule has 1 unspecified atom stereocenters. The van der Waals surface area contributed by atoms with Gasteiger partial charge in [-0.2, -0.15) is 34.9 Å². The van der Waals surface area contributed by atoms with E-state index in [1.54, 1.807) is 12.0 Å². The summed E-state index contributed by atoms with van der Waals surface area (Å²) >= 11 is 1.46. The summed E-state index contributed by atoms with van der Waals surface area (Å²) in [6, 6.07) is 25.5. The molecule has 4 bridgehead atoms. The summed E-state index contributed by atoms with van der Waals surface area (Å²) in [5.74, 6) is 4.68. The monoisotopic (exact) mass is 693 g/mol. The van der Waals surface area contributed by atoms with Gasteiger partial charge in [0, 0.05) is 0 Å². The first kappa shape index (κ1) is 34.2.